The molecule has 29 heavy (non-hydrogen) atoms. The molecule has 0 aromatic heterocycles. The summed E-state index contributed by atoms with van der Waals surface area (Å²) in [4.78, 5) is 37.9. The highest BCUT2D eigenvalue weighted by molar-refractivity contribution is 7.80. The van der Waals surface area contributed by atoms with Gasteiger partial charge >= 0.3 is 0 Å². The van der Waals surface area contributed by atoms with Gasteiger partial charge in [0.15, 0.2) is 5.11 Å². The number of benzene rings is 1. The van der Waals surface area contributed by atoms with Gasteiger partial charge in [-0.25, -0.2) is 0 Å². The van der Waals surface area contributed by atoms with Gasteiger partial charge in [0, 0.05) is 19.0 Å². The smallest absolute Gasteiger partial charge is 0.261 e. The molecule has 3 N–H and O–H groups in total. The number of carbonyl (C=O) groups is 3. The maximum Gasteiger partial charge on any atom is 0.261 e. The van der Waals surface area contributed by atoms with Gasteiger partial charge in [0.05, 0.1) is 11.1 Å². The van der Waals surface area contributed by atoms with Crippen LogP contribution in [0.5, 0.6) is 0 Å². The van der Waals surface area contributed by atoms with E-state index in [-0.39, 0.29) is 30.7 Å². The topological polar surface area (TPSA) is 90.5 Å². The third kappa shape index (κ3) is 4.93. The highest BCUT2D eigenvalue weighted by atomic mass is 32.1. The molecule has 0 spiro atoms. The molecule has 1 aromatic rings. The minimum Gasteiger partial charge on any atom is -0.358 e. The van der Waals surface area contributed by atoms with Gasteiger partial charge < -0.3 is 5.32 Å². The molecule has 7 nitrogen and oxygen atoms in total. The lowest BCUT2D eigenvalue weighted by Gasteiger charge is -2.35. The molecule has 0 saturated heterocycles. The fourth-order valence-corrected chi connectivity index (χ4v) is 4.22. The molecule has 1 aliphatic carbocycles. The van der Waals surface area contributed by atoms with Crippen LogP contribution < -0.4 is 16.2 Å². The van der Waals surface area contributed by atoms with Gasteiger partial charge in [0.1, 0.15) is 0 Å². The Bertz CT molecular complexity index is 778. The number of amides is 3. The summed E-state index contributed by atoms with van der Waals surface area (Å²) in [5.41, 5.74) is 6.18. The average Bonchev–Trinajstić information content (AvgIpc) is 2.95. The molecule has 1 heterocycles. The van der Waals surface area contributed by atoms with Crippen LogP contribution in [-0.4, -0.2) is 40.3 Å². The largest absolute Gasteiger partial charge is 0.358 e. The molecule has 3 amide bonds. The first-order valence-electron chi connectivity index (χ1n) is 10.2. The molecule has 0 bridgehead atoms. The minimum atomic E-state index is -0.301. The van der Waals surface area contributed by atoms with Crippen molar-refractivity contribution in [2.24, 2.45) is 11.8 Å². The Hall–Kier alpha value is -2.48. The number of hydrogen-bond donors (Lipinski definition) is 3. The van der Waals surface area contributed by atoms with Crippen LogP contribution in [0.1, 0.15) is 66.7 Å². The summed E-state index contributed by atoms with van der Waals surface area (Å²) in [5, 5.41) is 3.69. The summed E-state index contributed by atoms with van der Waals surface area (Å²) < 4.78 is 0. The van der Waals surface area contributed by atoms with Crippen molar-refractivity contribution in [2.75, 3.05) is 6.54 Å². The van der Waals surface area contributed by atoms with Gasteiger partial charge in [-0.15, -0.1) is 0 Å². The van der Waals surface area contributed by atoms with Crippen molar-refractivity contribution >= 4 is 35.1 Å². The van der Waals surface area contributed by atoms with E-state index < -0.39 is 0 Å². The van der Waals surface area contributed by atoms with Crippen LogP contribution in [0.4, 0.5) is 0 Å². The van der Waals surface area contributed by atoms with E-state index in [4.69, 9.17) is 12.2 Å². The summed E-state index contributed by atoms with van der Waals surface area (Å²) in [6.45, 7) is 4.69. The van der Waals surface area contributed by atoms with Gasteiger partial charge in [-0.2, -0.15) is 0 Å². The molecule has 1 fully saturated rings. The molecule has 1 aliphatic heterocycles. The molecule has 1 saturated carbocycles. The Morgan fingerprint density at radius 2 is 1.76 bits per heavy atom. The van der Waals surface area contributed by atoms with E-state index >= 15 is 0 Å². The quantitative estimate of drug-likeness (QED) is 0.388. The number of fused-ring (bicyclic) bond motifs is 1. The van der Waals surface area contributed by atoms with Gasteiger partial charge in [-0.3, -0.25) is 30.1 Å². The fraction of sp³-hybridized carbons (Fsp3) is 0.524. The van der Waals surface area contributed by atoms with Gasteiger partial charge in [0.2, 0.25) is 5.91 Å². The number of hydrazine groups is 1. The number of hydrogen-bond acceptors (Lipinski definition) is 4. The number of imide groups is 1. The van der Waals surface area contributed by atoms with Crippen LogP contribution >= 0.6 is 12.2 Å². The average molecular weight is 417 g/mol. The normalized spacial score (nSPS) is 23.5. The van der Waals surface area contributed by atoms with Gasteiger partial charge in [-0.1, -0.05) is 38.8 Å². The zero-order valence-corrected chi connectivity index (χ0v) is 17.7. The van der Waals surface area contributed by atoms with Crippen LogP contribution in [0.2, 0.25) is 0 Å². The molecule has 2 aliphatic rings. The van der Waals surface area contributed by atoms with Crippen molar-refractivity contribution < 1.29 is 14.4 Å². The second-order valence-electron chi connectivity index (χ2n) is 7.93. The van der Waals surface area contributed by atoms with Crippen molar-refractivity contribution in [1.29, 1.82) is 0 Å². The van der Waals surface area contributed by atoms with Crippen LogP contribution in [0.3, 0.4) is 0 Å². The lowest BCUT2D eigenvalue weighted by Crippen LogP contribution is -2.52. The maximum absolute atomic E-state index is 12.3. The maximum atomic E-state index is 12.3. The van der Waals surface area contributed by atoms with E-state index in [1.165, 1.54) is 17.7 Å². The molecule has 156 valence electrons. The Kier molecular flexibility index (Phi) is 6.84. The number of carbonyl (C=O) groups excluding carboxylic acids is 3. The molecule has 3 rings (SSSR count). The molecule has 1 aromatic carbocycles. The van der Waals surface area contributed by atoms with Crippen LogP contribution in [0.25, 0.3) is 0 Å². The first kappa shape index (κ1) is 21.2. The van der Waals surface area contributed by atoms with Crippen LogP contribution in [-0.2, 0) is 4.79 Å². The first-order chi connectivity index (χ1) is 13.9. The molecule has 8 heteroatoms. The number of nitrogens with zero attached hydrogens (tertiary/aromatic N) is 1. The summed E-state index contributed by atoms with van der Waals surface area (Å²) in [5.74, 6) is 0.339. The summed E-state index contributed by atoms with van der Waals surface area (Å²) >= 11 is 5.28. The van der Waals surface area contributed by atoms with Crippen molar-refractivity contribution in [3.63, 3.8) is 0 Å². The molecule has 0 radical (unpaired) electrons. The number of rotatable bonds is 5. The zero-order chi connectivity index (χ0) is 21.0. The fourth-order valence-electron chi connectivity index (χ4n) is 4.02. The van der Waals surface area contributed by atoms with Gasteiger partial charge in [-0.05, 0) is 49.0 Å². The van der Waals surface area contributed by atoms with E-state index in [1.54, 1.807) is 24.3 Å². The van der Waals surface area contributed by atoms with Crippen molar-refractivity contribution in [1.82, 2.24) is 21.1 Å². The molecular weight excluding hydrogens is 388 g/mol. The summed E-state index contributed by atoms with van der Waals surface area (Å²) in [7, 11) is 0. The second kappa shape index (κ2) is 9.35. The van der Waals surface area contributed by atoms with E-state index in [0.717, 1.165) is 6.42 Å². The summed E-state index contributed by atoms with van der Waals surface area (Å²) in [6, 6.07) is 7.07. The summed E-state index contributed by atoms with van der Waals surface area (Å²) in [6.07, 6.45) is 4.05. The Balaban J connectivity index is 1.37. The third-order valence-electron chi connectivity index (χ3n) is 6.00. The monoisotopic (exact) mass is 416 g/mol. The van der Waals surface area contributed by atoms with E-state index in [0.29, 0.717) is 40.5 Å². The highest BCUT2D eigenvalue weighted by Gasteiger charge is 2.34. The Morgan fingerprint density at radius 3 is 2.41 bits per heavy atom. The van der Waals surface area contributed by atoms with Crippen LogP contribution in [0.15, 0.2) is 24.3 Å². The molecular formula is C21H28N4O3S. The van der Waals surface area contributed by atoms with E-state index in [2.05, 4.69) is 30.0 Å². The first-order valence-corrected chi connectivity index (χ1v) is 10.6. The third-order valence-corrected chi connectivity index (χ3v) is 6.22. The van der Waals surface area contributed by atoms with E-state index in [9.17, 15) is 14.4 Å². The Morgan fingerprint density at radius 1 is 1.10 bits per heavy atom. The number of nitrogens with one attached hydrogen (secondary N) is 3. The van der Waals surface area contributed by atoms with E-state index in [1.807, 2.05) is 0 Å². The molecule has 3 atom stereocenters. The number of thiocarbonyl (C=S) groups is 1. The predicted molar refractivity (Wildman–Crippen MR) is 114 cm³/mol. The second-order valence-corrected chi connectivity index (χ2v) is 8.34. The van der Waals surface area contributed by atoms with Crippen molar-refractivity contribution in [3.05, 3.63) is 35.4 Å². The highest BCUT2D eigenvalue weighted by Crippen LogP contribution is 2.29. The standard InChI is InChI=1S/C21H28N4O3S/c1-13-7-5-10-17(14(13)2)22-21(29)24-23-18(26)11-6-12-25-19(27)15-8-3-4-9-16(15)20(25)28/h3-4,8-9,13-14,17H,5-7,10-12H2,1-2H3,(H,23,26)(H2,22,24,29)/t13-,14+,17+/m0/s1. The van der Waals surface area contributed by atoms with Gasteiger partial charge in [0.25, 0.3) is 11.8 Å². The Labute approximate surface area is 176 Å². The molecule has 0 unspecified atom stereocenters. The van der Waals surface area contributed by atoms with Crippen molar-refractivity contribution in [3.8, 4) is 0 Å². The minimum absolute atomic E-state index is 0.180. The zero-order valence-electron chi connectivity index (χ0n) is 16.9. The lowest BCUT2D eigenvalue weighted by molar-refractivity contribution is -0.121. The predicted octanol–water partition coefficient (Wildman–Crippen LogP) is 2.38. The van der Waals surface area contributed by atoms with Crippen molar-refractivity contribution in [2.45, 2.75) is 52.0 Å². The van der Waals surface area contributed by atoms with Crippen LogP contribution in [0, 0.1) is 11.8 Å². The SMILES string of the molecule is C[C@@H]1[C@@H](C)CCC[C@H]1NC(=S)NNC(=O)CCCN1C(=O)c2ccccc2C1=O. The lowest BCUT2D eigenvalue weighted by atomic mass is 9.78.